The van der Waals surface area contributed by atoms with Gasteiger partial charge < -0.3 is 15.0 Å². The van der Waals surface area contributed by atoms with Gasteiger partial charge in [-0.15, -0.1) is 0 Å². The Hall–Kier alpha value is -2.00. The molecule has 1 saturated heterocycles. The van der Waals surface area contributed by atoms with Crippen molar-refractivity contribution >= 4 is 29.4 Å². The zero-order valence-corrected chi connectivity index (χ0v) is 16.2. The number of piperidine rings is 1. The van der Waals surface area contributed by atoms with Gasteiger partial charge in [0, 0.05) is 30.6 Å². The second kappa shape index (κ2) is 8.59. The number of carbonyl (C=O) groups excluding carboxylic acids is 1. The normalized spacial score (nSPS) is 15.6. The van der Waals surface area contributed by atoms with Crippen LogP contribution >= 0.6 is 11.9 Å². The number of amides is 1. The van der Waals surface area contributed by atoms with Crippen LogP contribution < -0.4 is 10.5 Å². The van der Waals surface area contributed by atoms with E-state index in [1.54, 1.807) is 17.0 Å². The van der Waals surface area contributed by atoms with Crippen molar-refractivity contribution < 1.29 is 14.5 Å². The van der Waals surface area contributed by atoms with Gasteiger partial charge in [0.25, 0.3) is 5.69 Å². The molecule has 0 atom stereocenters. The van der Waals surface area contributed by atoms with E-state index in [1.165, 1.54) is 6.07 Å². The topological polar surface area (TPSA) is 111 Å². The van der Waals surface area contributed by atoms with E-state index in [9.17, 15) is 14.9 Å². The van der Waals surface area contributed by atoms with Crippen LogP contribution in [0, 0.1) is 16.0 Å². The fourth-order valence-electron chi connectivity index (χ4n) is 2.79. The van der Waals surface area contributed by atoms with Gasteiger partial charge in [-0.1, -0.05) is 0 Å². The molecule has 9 heteroatoms. The number of rotatable bonds is 5. The van der Waals surface area contributed by atoms with E-state index in [0.29, 0.717) is 36.1 Å². The van der Waals surface area contributed by atoms with E-state index in [1.807, 2.05) is 20.8 Å². The van der Waals surface area contributed by atoms with Gasteiger partial charge in [-0.2, -0.15) is 0 Å². The Kier molecular flexibility index (Phi) is 6.71. The van der Waals surface area contributed by atoms with Crippen LogP contribution in [0.2, 0.25) is 0 Å². The lowest BCUT2D eigenvalue weighted by atomic mass is 9.97. The van der Waals surface area contributed by atoms with Crippen molar-refractivity contribution in [3.63, 3.8) is 0 Å². The Morgan fingerprint density at radius 2 is 2.08 bits per heavy atom. The number of nitrogens with zero attached hydrogens (tertiary/aromatic N) is 2. The molecule has 8 nitrogen and oxygen atoms in total. The standard InChI is InChI=1S/C17H26N4O4S/c1-17(2,3)25-16(22)20-8-6-12(7-9-20)11-19-14-5-4-13(26-18)10-15(14)21(23)24/h4-5,10,12,19H,6-9,11,18H2,1-3H3. The number of hydrogen-bond acceptors (Lipinski definition) is 7. The Morgan fingerprint density at radius 1 is 1.42 bits per heavy atom. The predicted octanol–water partition coefficient (Wildman–Crippen LogP) is 3.62. The van der Waals surface area contributed by atoms with Crippen LogP contribution in [0.15, 0.2) is 23.1 Å². The third-order valence-corrected chi connectivity index (χ3v) is 4.68. The lowest BCUT2D eigenvalue weighted by Crippen LogP contribution is -2.42. The van der Waals surface area contributed by atoms with Crippen LogP contribution in [-0.4, -0.2) is 41.2 Å². The lowest BCUT2D eigenvalue weighted by molar-refractivity contribution is -0.384. The van der Waals surface area contributed by atoms with E-state index in [0.717, 1.165) is 24.8 Å². The summed E-state index contributed by atoms with van der Waals surface area (Å²) in [6.07, 6.45) is 1.38. The van der Waals surface area contributed by atoms with Crippen LogP contribution in [0.4, 0.5) is 16.2 Å². The minimum Gasteiger partial charge on any atom is -0.444 e. The molecule has 0 aliphatic carbocycles. The fraction of sp³-hybridized carbons (Fsp3) is 0.588. The predicted molar refractivity (Wildman–Crippen MR) is 102 cm³/mol. The molecule has 1 heterocycles. The summed E-state index contributed by atoms with van der Waals surface area (Å²) in [5.74, 6) is 0.344. The molecular formula is C17H26N4O4S. The summed E-state index contributed by atoms with van der Waals surface area (Å²) in [5, 5.41) is 19.9. The van der Waals surface area contributed by atoms with Gasteiger partial charge in [0.05, 0.1) is 4.92 Å². The third-order valence-electron chi connectivity index (χ3n) is 4.15. The molecule has 0 radical (unpaired) electrons. The Morgan fingerprint density at radius 3 is 2.62 bits per heavy atom. The first-order valence-corrected chi connectivity index (χ1v) is 9.44. The van der Waals surface area contributed by atoms with Crippen molar-refractivity contribution in [1.29, 1.82) is 0 Å². The Bertz CT molecular complexity index is 655. The Balaban J connectivity index is 1.87. The molecule has 1 fully saturated rings. The molecule has 0 saturated carbocycles. The number of anilines is 1. The van der Waals surface area contributed by atoms with E-state index in [-0.39, 0.29) is 11.8 Å². The summed E-state index contributed by atoms with van der Waals surface area (Å²) in [6, 6.07) is 4.91. The van der Waals surface area contributed by atoms with Crippen molar-refractivity contribution in [3.05, 3.63) is 28.3 Å². The number of nitro benzene ring substituents is 1. The molecule has 1 aliphatic heterocycles. The maximum atomic E-state index is 12.1. The van der Waals surface area contributed by atoms with Crippen LogP contribution in [0.5, 0.6) is 0 Å². The molecule has 1 amide bonds. The molecule has 1 aromatic carbocycles. The molecule has 0 unspecified atom stereocenters. The summed E-state index contributed by atoms with van der Waals surface area (Å²) in [7, 11) is 0. The number of nitro groups is 1. The summed E-state index contributed by atoms with van der Waals surface area (Å²) >= 11 is 0.980. The van der Waals surface area contributed by atoms with Crippen LogP contribution in [0.25, 0.3) is 0 Å². The molecule has 2 rings (SSSR count). The van der Waals surface area contributed by atoms with Crippen molar-refractivity contribution in [3.8, 4) is 0 Å². The number of ether oxygens (including phenoxy) is 1. The fourth-order valence-corrected chi connectivity index (χ4v) is 3.11. The number of benzene rings is 1. The zero-order chi connectivity index (χ0) is 19.3. The number of likely N-dealkylation sites (tertiary alicyclic amines) is 1. The highest BCUT2D eigenvalue weighted by Gasteiger charge is 2.27. The smallest absolute Gasteiger partial charge is 0.410 e. The van der Waals surface area contributed by atoms with Crippen LogP contribution in [0.3, 0.4) is 0 Å². The molecule has 26 heavy (non-hydrogen) atoms. The molecule has 1 aromatic rings. The molecule has 3 N–H and O–H groups in total. The van der Waals surface area contributed by atoms with Gasteiger partial charge in [0.1, 0.15) is 11.3 Å². The number of nitrogens with one attached hydrogen (secondary N) is 1. The number of hydrogen-bond donors (Lipinski definition) is 2. The van der Waals surface area contributed by atoms with Gasteiger partial charge in [-0.25, -0.2) is 4.79 Å². The molecule has 0 spiro atoms. The molecule has 0 aromatic heterocycles. The quantitative estimate of drug-likeness (QED) is 0.454. The average Bonchev–Trinajstić information content (AvgIpc) is 2.58. The Labute approximate surface area is 157 Å². The van der Waals surface area contributed by atoms with Crippen molar-refractivity contribution in [2.75, 3.05) is 25.0 Å². The molecular weight excluding hydrogens is 356 g/mol. The third kappa shape index (κ3) is 5.77. The van der Waals surface area contributed by atoms with Crippen molar-refractivity contribution in [2.24, 2.45) is 11.1 Å². The van der Waals surface area contributed by atoms with E-state index < -0.39 is 10.5 Å². The first kappa shape index (κ1) is 20.3. The van der Waals surface area contributed by atoms with Gasteiger partial charge in [-0.3, -0.25) is 15.3 Å². The molecule has 144 valence electrons. The lowest BCUT2D eigenvalue weighted by Gasteiger charge is -2.33. The van der Waals surface area contributed by atoms with Gasteiger partial charge in [0.2, 0.25) is 0 Å². The minimum absolute atomic E-state index is 0.0200. The summed E-state index contributed by atoms with van der Waals surface area (Å²) in [4.78, 5) is 25.3. The highest BCUT2D eigenvalue weighted by atomic mass is 32.2. The van der Waals surface area contributed by atoms with E-state index in [2.05, 4.69) is 5.32 Å². The molecule has 1 aliphatic rings. The first-order chi connectivity index (χ1) is 12.2. The van der Waals surface area contributed by atoms with Crippen LogP contribution in [-0.2, 0) is 4.74 Å². The van der Waals surface area contributed by atoms with Gasteiger partial charge >= 0.3 is 6.09 Å². The summed E-state index contributed by atoms with van der Waals surface area (Å²) in [5.41, 5.74) is 0.0107. The first-order valence-electron chi connectivity index (χ1n) is 8.56. The van der Waals surface area contributed by atoms with E-state index >= 15 is 0 Å². The number of nitrogens with two attached hydrogens (primary N) is 1. The summed E-state index contributed by atoms with van der Waals surface area (Å²) < 4.78 is 5.39. The average molecular weight is 382 g/mol. The SMILES string of the molecule is CC(C)(C)OC(=O)N1CCC(CNc2ccc(SN)cc2[N+](=O)[O-])CC1. The second-order valence-electron chi connectivity index (χ2n) is 7.35. The van der Waals surface area contributed by atoms with E-state index in [4.69, 9.17) is 9.88 Å². The van der Waals surface area contributed by atoms with Crippen molar-refractivity contribution in [1.82, 2.24) is 4.90 Å². The summed E-state index contributed by atoms with van der Waals surface area (Å²) in [6.45, 7) is 7.44. The maximum absolute atomic E-state index is 12.1. The van der Waals surface area contributed by atoms with Gasteiger partial charge in [-0.05, 0) is 63.6 Å². The second-order valence-corrected chi connectivity index (χ2v) is 8.05. The number of carbonyl (C=O) groups is 1. The molecule has 0 bridgehead atoms. The van der Waals surface area contributed by atoms with Gasteiger partial charge in [0.15, 0.2) is 0 Å². The van der Waals surface area contributed by atoms with Crippen LogP contribution in [0.1, 0.15) is 33.6 Å². The largest absolute Gasteiger partial charge is 0.444 e. The highest BCUT2D eigenvalue weighted by molar-refractivity contribution is 7.97. The monoisotopic (exact) mass is 382 g/mol. The highest BCUT2D eigenvalue weighted by Crippen LogP contribution is 2.29. The maximum Gasteiger partial charge on any atom is 0.410 e. The zero-order valence-electron chi connectivity index (χ0n) is 15.4. The minimum atomic E-state index is -0.498. The van der Waals surface area contributed by atoms with Crippen molar-refractivity contribution in [2.45, 2.75) is 44.1 Å².